The molecule has 0 aliphatic rings. The van der Waals surface area contributed by atoms with Crippen LogP contribution in [-0.4, -0.2) is 5.91 Å². The summed E-state index contributed by atoms with van der Waals surface area (Å²) in [6, 6.07) is 13.1. The van der Waals surface area contributed by atoms with Crippen molar-refractivity contribution >= 4 is 17.3 Å². The fraction of sp³-hybridized carbons (Fsp3) is 0.111. The summed E-state index contributed by atoms with van der Waals surface area (Å²) in [5, 5.41) is 14.7. The van der Waals surface area contributed by atoms with Gasteiger partial charge >= 0.3 is 0 Å². The maximum absolute atomic E-state index is 12.8. The molecule has 0 radical (unpaired) electrons. The first-order valence-corrected chi connectivity index (χ1v) is 7.00. The summed E-state index contributed by atoms with van der Waals surface area (Å²) in [6.07, 6.45) is 1.36. The van der Waals surface area contributed by atoms with Crippen molar-refractivity contribution < 1.29 is 9.18 Å². The standard InChI is InChI=1S/C18H16FN3O/c1-12-3-4-13(2)17(9-12)21-11-14(10-20)18(23)22-16-7-5-15(19)6-8-16/h3-9,11,21H,1-2H3,(H,22,23)/b14-11-. The summed E-state index contributed by atoms with van der Waals surface area (Å²) < 4.78 is 12.8. The number of nitrogens with zero attached hydrogens (tertiary/aromatic N) is 1. The molecule has 0 aliphatic carbocycles. The number of rotatable bonds is 4. The van der Waals surface area contributed by atoms with Crippen molar-refractivity contribution in [3.05, 3.63) is 71.2 Å². The minimum absolute atomic E-state index is 0.0739. The van der Waals surface area contributed by atoms with Gasteiger partial charge in [0.15, 0.2) is 0 Å². The molecular formula is C18H16FN3O. The third kappa shape index (κ3) is 4.42. The smallest absolute Gasteiger partial charge is 0.267 e. The van der Waals surface area contributed by atoms with E-state index in [1.165, 1.54) is 30.5 Å². The molecule has 4 nitrogen and oxygen atoms in total. The van der Waals surface area contributed by atoms with E-state index < -0.39 is 11.7 Å². The Balaban J connectivity index is 2.12. The Morgan fingerprint density at radius 3 is 2.52 bits per heavy atom. The van der Waals surface area contributed by atoms with Crippen molar-refractivity contribution in [3.8, 4) is 6.07 Å². The van der Waals surface area contributed by atoms with Crippen LogP contribution in [0.5, 0.6) is 0 Å². The van der Waals surface area contributed by atoms with E-state index in [4.69, 9.17) is 5.26 Å². The molecule has 0 heterocycles. The second-order valence-electron chi connectivity index (χ2n) is 5.09. The Kier molecular flexibility index (Phi) is 5.11. The highest BCUT2D eigenvalue weighted by molar-refractivity contribution is 6.06. The summed E-state index contributed by atoms with van der Waals surface area (Å²) in [7, 11) is 0. The first-order chi connectivity index (χ1) is 11.0. The monoisotopic (exact) mass is 309 g/mol. The Morgan fingerprint density at radius 1 is 1.17 bits per heavy atom. The second kappa shape index (κ2) is 7.23. The Morgan fingerprint density at radius 2 is 1.87 bits per heavy atom. The van der Waals surface area contributed by atoms with E-state index in [1.807, 2.05) is 38.1 Å². The van der Waals surface area contributed by atoms with Gasteiger partial charge < -0.3 is 10.6 Å². The minimum Gasteiger partial charge on any atom is -0.360 e. The van der Waals surface area contributed by atoms with Crippen molar-refractivity contribution in [2.24, 2.45) is 0 Å². The third-order valence-electron chi connectivity index (χ3n) is 3.23. The van der Waals surface area contributed by atoms with Crippen LogP contribution in [0.2, 0.25) is 0 Å². The van der Waals surface area contributed by atoms with Gasteiger partial charge in [-0.05, 0) is 55.3 Å². The van der Waals surface area contributed by atoms with Gasteiger partial charge in [-0.25, -0.2) is 4.39 Å². The zero-order valence-corrected chi connectivity index (χ0v) is 12.9. The molecule has 2 aromatic rings. The molecule has 0 bridgehead atoms. The van der Waals surface area contributed by atoms with Crippen LogP contribution in [0.3, 0.4) is 0 Å². The van der Waals surface area contributed by atoms with E-state index in [2.05, 4.69) is 10.6 Å². The van der Waals surface area contributed by atoms with Gasteiger partial charge in [-0.2, -0.15) is 5.26 Å². The number of hydrogen-bond acceptors (Lipinski definition) is 3. The van der Waals surface area contributed by atoms with Crippen LogP contribution < -0.4 is 10.6 Å². The molecular weight excluding hydrogens is 293 g/mol. The highest BCUT2D eigenvalue weighted by Gasteiger charge is 2.09. The number of halogens is 1. The molecule has 116 valence electrons. The molecule has 2 rings (SSSR count). The largest absolute Gasteiger partial charge is 0.360 e. The lowest BCUT2D eigenvalue weighted by molar-refractivity contribution is -0.112. The third-order valence-corrected chi connectivity index (χ3v) is 3.23. The quantitative estimate of drug-likeness (QED) is 0.665. The average Bonchev–Trinajstić information content (AvgIpc) is 2.53. The van der Waals surface area contributed by atoms with Gasteiger partial charge in [-0.1, -0.05) is 12.1 Å². The predicted octanol–water partition coefficient (Wildman–Crippen LogP) is 3.90. The van der Waals surface area contributed by atoms with Crippen molar-refractivity contribution in [2.75, 3.05) is 10.6 Å². The van der Waals surface area contributed by atoms with Crippen molar-refractivity contribution in [3.63, 3.8) is 0 Å². The van der Waals surface area contributed by atoms with Crippen molar-refractivity contribution in [1.29, 1.82) is 5.26 Å². The Hall–Kier alpha value is -3.13. The van der Waals surface area contributed by atoms with Gasteiger partial charge in [0.2, 0.25) is 0 Å². The second-order valence-corrected chi connectivity index (χ2v) is 5.09. The number of aryl methyl sites for hydroxylation is 2. The lowest BCUT2D eigenvalue weighted by Crippen LogP contribution is -2.14. The summed E-state index contributed by atoms with van der Waals surface area (Å²) in [4.78, 5) is 12.1. The first kappa shape index (κ1) is 16.2. The number of amides is 1. The Labute approximate surface area is 134 Å². The molecule has 5 heteroatoms. The van der Waals surface area contributed by atoms with Gasteiger partial charge in [0.05, 0.1) is 0 Å². The molecule has 0 fully saturated rings. The average molecular weight is 309 g/mol. The van der Waals surface area contributed by atoms with Gasteiger partial charge in [-0.3, -0.25) is 4.79 Å². The zero-order valence-electron chi connectivity index (χ0n) is 12.9. The number of carbonyl (C=O) groups is 1. The maximum Gasteiger partial charge on any atom is 0.267 e. The zero-order chi connectivity index (χ0) is 16.8. The topological polar surface area (TPSA) is 64.9 Å². The van der Waals surface area contributed by atoms with Crippen LogP contribution in [0, 0.1) is 31.0 Å². The molecule has 0 aliphatic heterocycles. The number of nitriles is 1. The molecule has 0 aromatic heterocycles. The molecule has 2 N–H and O–H groups in total. The SMILES string of the molecule is Cc1ccc(C)c(N/C=C(/C#N)C(=O)Nc2ccc(F)cc2)c1. The van der Waals surface area contributed by atoms with Gasteiger partial charge in [-0.15, -0.1) is 0 Å². The maximum atomic E-state index is 12.8. The predicted molar refractivity (Wildman–Crippen MR) is 88.3 cm³/mol. The number of benzene rings is 2. The molecule has 0 atom stereocenters. The number of anilines is 2. The number of hydrogen-bond donors (Lipinski definition) is 2. The van der Waals surface area contributed by atoms with Crippen LogP contribution >= 0.6 is 0 Å². The van der Waals surface area contributed by atoms with E-state index in [0.717, 1.165) is 16.8 Å². The fourth-order valence-corrected chi connectivity index (χ4v) is 1.92. The van der Waals surface area contributed by atoms with Gasteiger partial charge in [0.1, 0.15) is 17.5 Å². The van der Waals surface area contributed by atoms with Crippen LogP contribution in [0.15, 0.2) is 54.2 Å². The highest BCUT2D eigenvalue weighted by Crippen LogP contribution is 2.17. The fourth-order valence-electron chi connectivity index (χ4n) is 1.92. The molecule has 0 saturated carbocycles. The molecule has 23 heavy (non-hydrogen) atoms. The van der Waals surface area contributed by atoms with Gasteiger partial charge in [0, 0.05) is 17.6 Å². The molecule has 0 saturated heterocycles. The summed E-state index contributed by atoms with van der Waals surface area (Å²) in [5.74, 6) is -0.951. The molecule has 2 aromatic carbocycles. The lowest BCUT2D eigenvalue weighted by Gasteiger charge is -2.08. The summed E-state index contributed by atoms with van der Waals surface area (Å²) in [5.41, 5.74) is 3.25. The molecule has 0 unspecified atom stereocenters. The normalized spacial score (nSPS) is 10.8. The van der Waals surface area contributed by atoms with E-state index in [-0.39, 0.29) is 5.57 Å². The van der Waals surface area contributed by atoms with E-state index in [1.54, 1.807) is 0 Å². The van der Waals surface area contributed by atoms with Crippen molar-refractivity contribution in [2.45, 2.75) is 13.8 Å². The van der Waals surface area contributed by atoms with E-state index >= 15 is 0 Å². The van der Waals surface area contributed by atoms with Crippen LogP contribution in [-0.2, 0) is 4.79 Å². The number of nitrogens with one attached hydrogen (secondary N) is 2. The summed E-state index contributed by atoms with van der Waals surface area (Å²) in [6.45, 7) is 3.89. The molecule has 0 spiro atoms. The van der Waals surface area contributed by atoms with Crippen LogP contribution in [0.25, 0.3) is 0 Å². The lowest BCUT2D eigenvalue weighted by atomic mass is 10.1. The first-order valence-electron chi connectivity index (χ1n) is 7.00. The number of carbonyl (C=O) groups excluding carboxylic acids is 1. The van der Waals surface area contributed by atoms with Gasteiger partial charge in [0.25, 0.3) is 5.91 Å². The summed E-state index contributed by atoms with van der Waals surface area (Å²) >= 11 is 0. The van der Waals surface area contributed by atoms with E-state index in [0.29, 0.717) is 5.69 Å². The van der Waals surface area contributed by atoms with Crippen LogP contribution in [0.4, 0.5) is 15.8 Å². The Bertz CT molecular complexity index is 789. The van der Waals surface area contributed by atoms with Crippen molar-refractivity contribution in [1.82, 2.24) is 0 Å². The van der Waals surface area contributed by atoms with E-state index in [9.17, 15) is 9.18 Å². The molecule has 1 amide bonds. The highest BCUT2D eigenvalue weighted by atomic mass is 19.1. The minimum atomic E-state index is -0.558. The van der Waals surface area contributed by atoms with Crippen LogP contribution in [0.1, 0.15) is 11.1 Å².